The average molecular weight is 141 g/mol. The van der Waals surface area contributed by atoms with Crippen molar-refractivity contribution in [3.63, 3.8) is 0 Å². The van der Waals surface area contributed by atoms with E-state index < -0.39 is 0 Å². The van der Waals surface area contributed by atoms with Crippen LogP contribution in [0.25, 0.3) is 0 Å². The summed E-state index contributed by atoms with van der Waals surface area (Å²) in [4.78, 5) is 4.30. The smallest absolute Gasteiger partial charge is 0.188 e. The number of aliphatic imine (C=N–C) groups is 1. The van der Waals surface area contributed by atoms with Gasteiger partial charge < -0.3 is 4.74 Å². The largest absolute Gasteiger partial charge is 0.481 e. The van der Waals surface area contributed by atoms with E-state index in [0.717, 1.165) is 25.5 Å². The first-order chi connectivity index (χ1) is 4.61. The first kappa shape index (κ1) is 7.58. The van der Waals surface area contributed by atoms with E-state index in [9.17, 15) is 0 Å². The highest BCUT2D eigenvalue weighted by Crippen LogP contribution is 2.18. The molecule has 0 radical (unpaired) electrons. The van der Waals surface area contributed by atoms with Crippen LogP contribution in [-0.4, -0.2) is 19.0 Å². The van der Waals surface area contributed by atoms with Gasteiger partial charge in [-0.05, 0) is 0 Å². The summed E-state index contributed by atoms with van der Waals surface area (Å²) in [6.45, 7) is 8.15. The minimum atomic E-state index is 0.0976. The molecule has 0 aliphatic carbocycles. The summed E-state index contributed by atoms with van der Waals surface area (Å²) < 4.78 is 5.39. The molecule has 0 spiro atoms. The highest BCUT2D eigenvalue weighted by atomic mass is 16.5. The molecule has 0 N–H and O–H groups in total. The molecule has 2 heteroatoms. The molecule has 0 unspecified atom stereocenters. The maximum absolute atomic E-state index is 5.39. The molecule has 1 heterocycles. The van der Waals surface area contributed by atoms with Gasteiger partial charge in [-0.1, -0.05) is 20.8 Å². The summed E-state index contributed by atoms with van der Waals surface area (Å²) >= 11 is 0. The molecule has 0 saturated carbocycles. The maximum atomic E-state index is 5.39. The van der Waals surface area contributed by atoms with Crippen molar-refractivity contribution >= 4 is 5.90 Å². The highest BCUT2D eigenvalue weighted by molar-refractivity contribution is 5.81. The first-order valence-corrected chi connectivity index (χ1v) is 3.78. The molecule has 0 aromatic heterocycles. The molecule has 0 fully saturated rings. The van der Waals surface area contributed by atoms with Crippen LogP contribution in [0.5, 0.6) is 0 Å². The fourth-order valence-corrected chi connectivity index (χ4v) is 0.913. The predicted octanol–water partition coefficient (Wildman–Crippen LogP) is 1.85. The van der Waals surface area contributed by atoms with Crippen LogP contribution in [0.4, 0.5) is 0 Å². The molecule has 58 valence electrons. The van der Waals surface area contributed by atoms with Gasteiger partial charge in [0.15, 0.2) is 5.90 Å². The van der Waals surface area contributed by atoms with Gasteiger partial charge in [0.2, 0.25) is 0 Å². The second-order valence-corrected chi connectivity index (χ2v) is 3.64. The highest BCUT2D eigenvalue weighted by Gasteiger charge is 2.21. The molecule has 0 aromatic carbocycles. The van der Waals surface area contributed by atoms with Crippen molar-refractivity contribution in [2.24, 2.45) is 10.4 Å². The van der Waals surface area contributed by atoms with Crippen molar-refractivity contribution in [3.05, 3.63) is 0 Å². The Bertz CT molecular complexity index is 144. The topological polar surface area (TPSA) is 21.6 Å². The molecule has 0 aromatic rings. The number of hydrogen-bond donors (Lipinski definition) is 0. The molecule has 0 saturated heterocycles. The molecule has 0 bridgehead atoms. The van der Waals surface area contributed by atoms with E-state index in [1.165, 1.54) is 0 Å². The van der Waals surface area contributed by atoms with E-state index in [4.69, 9.17) is 4.74 Å². The van der Waals surface area contributed by atoms with Crippen molar-refractivity contribution in [1.82, 2.24) is 0 Å². The van der Waals surface area contributed by atoms with Gasteiger partial charge in [-0.2, -0.15) is 0 Å². The first-order valence-electron chi connectivity index (χ1n) is 3.78. The molecule has 2 nitrogen and oxygen atoms in total. The lowest BCUT2D eigenvalue weighted by Crippen LogP contribution is -2.27. The fraction of sp³-hybridized carbons (Fsp3) is 0.875. The van der Waals surface area contributed by atoms with Crippen molar-refractivity contribution in [2.45, 2.75) is 27.2 Å². The lowest BCUT2D eigenvalue weighted by molar-refractivity contribution is 0.242. The van der Waals surface area contributed by atoms with E-state index in [1.54, 1.807) is 0 Å². The van der Waals surface area contributed by atoms with Crippen LogP contribution in [0.15, 0.2) is 4.99 Å². The number of rotatable bonds is 0. The zero-order valence-electron chi connectivity index (χ0n) is 6.98. The Labute approximate surface area is 62.3 Å². The third-order valence-corrected chi connectivity index (χ3v) is 1.44. The lowest BCUT2D eigenvalue weighted by Gasteiger charge is -2.24. The van der Waals surface area contributed by atoms with Gasteiger partial charge >= 0.3 is 0 Å². The molecule has 0 atom stereocenters. The molecular formula is C8H15NO. The van der Waals surface area contributed by atoms with Crippen molar-refractivity contribution in [3.8, 4) is 0 Å². The van der Waals surface area contributed by atoms with Crippen LogP contribution in [0.1, 0.15) is 27.2 Å². The van der Waals surface area contributed by atoms with Gasteiger partial charge in [0.1, 0.15) is 0 Å². The Morgan fingerprint density at radius 3 is 2.40 bits per heavy atom. The normalized spacial score (nSPS) is 19.7. The van der Waals surface area contributed by atoms with Crippen LogP contribution in [-0.2, 0) is 4.74 Å². The van der Waals surface area contributed by atoms with Gasteiger partial charge in [0.05, 0.1) is 6.61 Å². The molecular weight excluding hydrogens is 126 g/mol. The van der Waals surface area contributed by atoms with Gasteiger partial charge in [-0.25, -0.2) is 0 Å². The molecule has 10 heavy (non-hydrogen) atoms. The fourth-order valence-electron chi connectivity index (χ4n) is 0.913. The monoisotopic (exact) mass is 141 g/mol. The van der Waals surface area contributed by atoms with Crippen LogP contribution in [0.3, 0.4) is 0 Å². The summed E-state index contributed by atoms with van der Waals surface area (Å²) in [5.41, 5.74) is 0.0976. The van der Waals surface area contributed by atoms with Crippen LogP contribution in [0.2, 0.25) is 0 Å². The van der Waals surface area contributed by atoms with Crippen molar-refractivity contribution in [1.29, 1.82) is 0 Å². The Kier molecular flexibility index (Phi) is 1.97. The van der Waals surface area contributed by atoms with Crippen molar-refractivity contribution in [2.75, 3.05) is 13.2 Å². The third kappa shape index (κ3) is 1.72. The summed E-state index contributed by atoms with van der Waals surface area (Å²) in [7, 11) is 0. The van der Waals surface area contributed by atoms with Gasteiger partial charge in [-0.15, -0.1) is 0 Å². The number of nitrogens with zero attached hydrogens (tertiary/aromatic N) is 1. The van der Waals surface area contributed by atoms with Gasteiger partial charge in [-0.3, -0.25) is 4.99 Å². The zero-order chi connectivity index (χ0) is 7.61. The minimum absolute atomic E-state index is 0.0976. The molecule has 1 aliphatic heterocycles. The molecule has 1 rings (SSSR count). The molecule has 1 aliphatic rings. The van der Waals surface area contributed by atoms with E-state index in [-0.39, 0.29) is 5.41 Å². The van der Waals surface area contributed by atoms with Crippen molar-refractivity contribution < 1.29 is 4.74 Å². The Balaban J connectivity index is 2.62. The standard InChI is InChI=1S/C8H15NO/c1-8(2,3)7-9-5-4-6-10-7/h4-6H2,1-3H3. The third-order valence-electron chi connectivity index (χ3n) is 1.44. The Morgan fingerprint density at radius 2 is 2.10 bits per heavy atom. The molecule has 0 amide bonds. The summed E-state index contributed by atoms with van der Waals surface area (Å²) in [5, 5.41) is 0. The van der Waals surface area contributed by atoms with E-state index in [1.807, 2.05) is 0 Å². The second kappa shape index (κ2) is 2.60. The van der Waals surface area contributed by atoms with Crippen LogP contribution in [0, 0.1) is 5.41 Å². The van der Waals surface area contributed by atoms with Crippen LogP contribution >= 0.6 is 0 Å². The number of ether oxygens (including phenoxy) is 1. The van der Waals surface area contributed by atoms with E-state index in [0.29, 0.717) is 0 Å². The van der Waals surface area contributed by atoms with Gasteiger partial charge in [0, 0.05) is 18.4 Å². The second-order valence-electron chi connectivity index (χ2n) is 3.64. The van der Waals surface area contributed by atoms with Gasteiger partial charge in [0.25, 0.3) is 0 Å². The summed E-state index contributed by atoms with van der Waals surface area (Å²) in [5.74, 6) is 0.916. The minimum Gasteiger partial charge on any atom is -0.481 e. The number of hydrogen-bond acceptors (Lipinski definition) is 2. The summed E-state index contributed by atoms with van der Waals surface area (Å²) in [6, 6.07) is 0. The maximum Gasteiger partial charge on any atom is 0.188 e. The Hall–Kier alpha value is -0.530. The SMILES string of the molecule is CC(C)(C)C1=NCCCO1. The quantitative estimate of drug-likeness (QED) is 0.504. The lowest BCUT2D eigenvalue weighted by atomic mass is 9.96. The zero-order valence-corrected chi connectivity index (χ0v) is 6.98. The predicted molar refractivity (Wildman–Crippen MR) is 42.3 cm³/mol. The Morgan fingerprint density at radius 1 is 1.40 bits per heavy atom. The van der Waals surface area contributed by atoms with Crippen LogP contribution < -0.4 is 0 Å². The van der Waals surface area contributed by atoms with E-state index in [2.05, 4.69) is 25.8 Å². The average Bonchev–Trinajstić information content (AvgIpc) is 1.88. The summed E-state index contributed by atoms with van der Waals surface area (Å²) in [6.07, 6.45) is 1.07. The van der Waals surface area contributed by atoms with E-state index >= 15 is 0 Å².